The van der Waals surface area contributed by atoms with E-state index in [9.17, 15) is 14.7 Å². The molecule has 2 N–H and O–H groups in total. The van der Waals surface area contributed by atoms with E-state index in [-0.39, 0.29) is 30.3 Å². The van der Waals surface area contributed by atoms with Crippen LogP contribution in [0.25, 0.3) is 11.2 Å². The van der Waals surface area contributed by atoms with Crippen molar-refractivity contribution in [2.45, 2.75) is 19.6 Å². The number of nitrogens with one attached hydrogen (secondary N) is 1. The molecule has 0 spiro atoms. The Morgan fingerprint density at radius 3 is 2.69 bits per heavy atom. The number of hydrogen-bond donors (Lipinski definition) is 2. The number of ether oxygens (including phenoxy) is 1. The lowest BCUT2D eigenvalue weighted by molar-refractivity contribution is 0.0938. The summed E-state index contributed by atoms with van der Waals surface area (Å²) in [6.07, 6.45) is 0.531. The van der Waals surface area contributed by atoms with Crippen molar-refractivity contribution in [3.63, 3.8) is 0 Å². The number of aryl methyl sites for hydroxylation is 2. The van der Waals surface area contributed by atoms with E-state index in [1.807, 2.05) is 37.3 Å². The molecule has 0 saturated carbocycles. The Balaban J connectivity index is 1.67. The Labute approximate surface area is 205 Å². The van der Waals surface area contributed by atoms with Gasteiger partial charge >= 0.3 is 5.69 Å². The molecule has 0 fully saturated rings. The summed E-state index contributed by atoms with van der Waals surface area (Å²) in [5, 5.41) is 15.4. The summed E-state index contributed by atoms with van der Waals surface area (Å²) < 4.78 is 9.47. The summed E-state index contributed by atoms with van der Waals surface area (Å²) >= 11 is 6.17. The lowest BCUT2D eigenvalue weighted by atomic mass is 10.2. The molecule has 35 heavy (non-hydrogen) atoms. The van der Waals surface area contributed by atoms with E-state index >= 15 is 0 Å². The van der Waals surface area contributed by atoms with Gasteiger partial charge in [-0.3, -0.25) is 13.9 Å². The molecule has 2 aromatic heterocycles. The van der Waals surface area contributed by atoms with E-state index in [2.05, 4.69) is 15.5 Å². The SMILES string of the molecule is Cc1cccc(OCC(O)Cn2c(NN=Cc3ccccc3Cl)nc3c2c(=O)n(C)c(=O)n3C)c1. The van der Waals surface area contributed by atoms with Crippen molar-refractivity contribution < 1.29 is 9.84 Å². The van der Waals surface area contributed by atoms with Gasteiger partial charge in [0.1, 0.15) is 18.5 Å². The van der Waals surface area contributed by atoms with Gasteiger partial charge in [-0.25, -0.2) is 10.2 Å². The zero-order valence-electron chi connectivity index (χ0n) is 19.5. The van der Waals surface area contributed by atoms with Crippen LogP contribution in [0.3, 0.4) is 0 Å². The first kappa shape index (κ1) is 24.2. The summed E-state index contributed by atoms with van der Waals surface area (Å²) in [6, 6.07) is 14.6. The number of hydrazone groups is 1. The number of fused-ring (bicyclic) bond motifs is 1. The van der Waals surface area contributed by atoms with Crippen LogP contribution < -0.4 is 21.4 Å². The molecule has 11 heteroatoms. The molecule has 0 aliphatic rings. The number of imidazole rings is 1. The van der Waals surface area contributed by atoms with Gasteiger partial charge in [0.2, 0.25) is 5.95 Å². The van der Waals surface area contributed by atoms with Crippen LogP contribution >= 0.6 is 11.6 Å². The number of aliphatic hydroxyl groups excluding tert-OH is 1. The number of aromatic nitrogens is 4. The maximum Gasteiger partial charge on any atom is 0.332 e. The average Bonchev–Trinajstić information content (AvgIpc) is 3.19. The third-order valence-corrected chi connectivity index (χ3v) is 5.79. The molecule has 0 saturated heterocycles. The molecule has 4 rings (SSSR count). The number of anilines is 1. The van der Waals surface area contributed by atoms with E-state index in [1.165, 1.54) is 29.4 Å². The van der Waals surface area contributed by atoms with Gasteiger partial charge in [0.15, 0.2) is 11.2 Å². The van der Waals surface area contributed by atoms with Gasteiger partial charge in [0.05, 0.1) is 12.8 Å². The first-order valence-electron chi connectivity index (χ1n) is 10.8. The van der Waals surface area contributed by atoms with Crippen molar-refractivity contribution in [3.8, 4) is 5.75 Å². The zero-order chi connectivity index (χ0) is 25.1. The van der Waals surface area contributed by atoms with Crippen LogP contribution in [0.1, 0.15) is 11.1 Å². The monoisotopic (exact) mass is 496 g/mol. The summed E-state index contributed by atoms with van der Waals surface area (Å²) in [5.41, 5.74) is 3.79. The summed E-state index contributed by atoms with van der Waals surface area (Å²) in [7, 11) is 2.91. The molecule has 4 aromatic rings. The Morgan fingerprint density at radius 2 is 1.94 bits per heavy atom. The van der Waals surface area contributed by atoms with Crippen molar-refractivity contribution in [1.82, 2.24) is 18.7 Å². The predicted octanol–water partition coefficient (Wildman–Crippen LogP) is 2.28. The van der Waals surface area contributed by atoms with Gasteiger partial charge in [-0.1, -0.05) is 41.9 Å². The second kappa shape index (κ2) is 10.2. The molecule has 0 aliphatic heterocycles. The first-order chi connectivity index (χ1) is 16.8. The molecule has 2 aromatic carbocycles. The van der Waals surface area contributed by atoms with Gasteiger partial charge in [-0.15, -0.1) is 0 Å². The van der Waals surface area contributed by atoms with Crippen LogP contribution in [0.5, 0.6) is 5.75 Å². The van der Waals surface area contributed by atoms with E-state index in [1.54, 1.807) is 18.2 Å². The van der Waals surface area contributed by atoms with E-state index < -0.39 is 17.4 Å². The van der Waals surface area contributed by atoms with Gasteiger partial charge in [-0.05, 0) is 30.7 Å². The van der Waals surface area contributed by atoms with Crippen LogP contribution in [-0.2, 0) is 20.6 Å². The second-order valence-corrected chi connectivity index (χ2v) is 8.50. The van der Waals surface area contributed by atoms with Crippen molar-refractivity contribution in [1.29, 1.82) is 0 Å². The summed E-state index contributed by atoms with van der Waals surface area (Å²) in [6.45, 7) is 1.90. The minimum Gasteiger partial charge on any atom is -0.491 e. The van der Waals surface area contributed by atoms with Crippen LogP contribution in [0.2, 0.25) is 5.02 Å². The van der Waals surface area contributed by atoms with E-state index in [4.69, 9.17) is 16.3 Å². The smallest absolute Gasteiger partial charge is 0.332 e. The molecular formula is C24H25ClN6O4. The zero-order valence-corrected chi connectivity index (χ0v) is 20.2. The highest BCUT2D eigenvalue weighted by Crippen LogP contribution is 2.18. The molecule has 10 nitrogen and oxygen atoms in total. The predicted molar refractivity (Wildman–Crippen MR) is 136 cm³/mol. The molecule has 2 heterocycles. The summed E-state index contributed by atoms with van der Waals surface area (Å²) in [5.74, 6) is 0.803. The molecule has 1 atom stereocenters. The number of nitrogens with zero attached hydrogens (tertiary/aromatic N) is 5. The van der Waals surface area contributed by atoms with Crippen LogP contribution in [0.4, 0.5) is 5.95 Å². The Hall–Kier alpha value is -3.89. The van der Waals surface area contributed by atoms with Gasteiger partial charge in [0, 0.05) is 24.7 Å². The van der Waals surface area contributed by atoms with Crippen molar-refractivity contribution in [3.05, 3.63) is 85.5 Å². The van der Waals surface area contributed by atoms with Gasteiger partial charge in [0.25, 0.3) is 5.56 Å². The molecule has 1 unspecified atom stereocenters. The Morgan fingerprint density at radius 1 is 1.17 bits per heavy atom. The maximum atomic E-state index is 13.0. The van der Waals surface area contributed by atoms with E-state index in [0.29, 0.717) is 16.3 Å². The quantitative estimate of drug-likeness (QED) is 0.285. The van der Waals surface area contributed by atoms with Crippen molar-refractivity contribution >= 4 is 34.9 Å². The van der Waals surface area contributed by atoms with Gasteiger partial charge < -0.3 is 14.4 Å². The first-order valence-corrected chi connectivity index (χ1v) is 11.2. The minimum atomic E-state index is -0.983. The van der Waals surface area contributed by atoms with Crippen LogP contribution in [-0.4, -0.2) is 42.7 Å². The molecule has 0 radical (unpaired) electrons. The van der Waals surface area contributed by atoms with Gasteiger partial charge in [-0.2, -0.15) is 10.1 Å². The number of aliphatic hydroxyl groups is 1. The number of halogens is 1. The number of rotatable bonds is 8. The molecule has 182 valence electrons. The molecule has 0 bridgehead atoms. The van der Waals surface area contributed by atoms with Crippen LogP contribution in [0.15, 0.2) is 63.2 Å². The number of hydrogen-bond acceptors (Lipinski definition) is 7. The highest BCUT2D eigenvalue weighted by Gasteiger charge is 2.21. The summed E-state index contributed by atoms with van der Waals surface area (Å²) in [4.78, 5) is 29.8. The minimum absolute atomic E-state index is 0.0163. The number of benzene rings is 2. The largest absolute Gasteiger partial charge is 0.491 e. The fourth-order valence-electron chi connectivity index (χ4n) is 3.61. The third kappa shape index (κ3) is 5.13. The third-order valence-electron chi connectivity index (χ3n) is 5.45. The topological polar surface area (TPSA) is 116 Å². The molecule has 0 amide bonds. The highest BCUT2D eigenvalue weighted by molar-refractivity contribution is 6.33. The lowest BCUT2D eigenvalue weighted by Gasteiger charge is -2.15. The fourth-order valence-corrected chi connectivity index (χ4v) is 3.79. The second-order valence-electron chi connectivity index (χ2n) is 8.10. The fraction of sp³-hybridized carbons (Fsp3) is 0.250. The Kier molecular flexibility index (Phi) is 7.04. The van der Waals surface area contributed by atoms with Crippen LogP contribution in [0, 0.1) is 6.92 Å². The van der Waals surface area contributed by atoms with Crippen molar-refractivity contribution in [2.75, 3.05) is 12.0 Å². The maximum absolute atomic E-state index is 13.0. The Bertz CT molecular complexity index is 1520. The lowest BCUT2D eigenvalue weighted by Crippen LogP contribution is -2.38. The highest BCUT2D eigenvalue weighted by atomic mass is 35.5. The molecular weight excluding hydrogens is 472 g/mol. The molecule has 0 aliphatic carbocycles. The normalized spacial score (nSPS) is 12.4. The van der Waals surface area contributed by atoms with E-state index in [0.717, 1.165) is 10.1 Å². The standard InChI is InChI=1S/C24H25ClN6O4/c1-15-7-6-9-18(11-15)35-14-17(32)13-31-20-21(29(2)24(34)30(3)22(20)33)27-23(31)28-26-12-16-8-4-5-10-19(16)25/h4-12,17,32H,13-14H2,1-3H3,(H,27,28). The van der Waals surface area contributed by atoms with Crippen molar-refractivity contribution in [2.24, 2.45) is 19.2 Å². The average molecular weight is 497 g/mol.